The molecular formula is C40H24N2. The first-order valence-electron chi connectivity index (χ1n) is 14.3. The molecule has 0 fully saturated rings. The van der Waals surface area contributed by atoms with Crippen molar-refractivity contribution in [2.45, 2.75) is 0 Å². The summed E-state index contributed by atoms with van der Waals surface area (Å²) < 4.78 is 0. The van der Waals surface area contributed by atoms with Crippen LogP contribution >= 0.6 is 0 Å². The molecule has 9 aromatic rings. The van der Waals surface area contributed by atoms with E-state index in [2.05, 4.69) is 133 Å². The minimum Gasteiger partial charge on any atom is -0.254 e. The number of rotatable bonds is 2. The number of benzene rings is 7. The highest BCUT2D eigenvalue weighted by Gasteiger charge is 2.20. The summed E-state index contributed by atoms with van der Waals surface area (Å²) >= 11 is 0. The zero-order valence-corrected chi connectivity index (χ0v) is 22.8. The van der Waals surface area contributed by atoms with Gasteiger partial charge in [0, 0.05) is 22.5 Å². The van der Waals surface area contributed by atoms with Gasteiger partial charge in [0.15, 0.2) is 0 Å². The summed E-state index contributed by atoms with van der Waals surface area (Å²) in [5.74, 6) is 0. The van der Waals surface area contributed by atoms with Gasteiger partial charge in [0.2, 0.25) is 0 Å². The highest BCUT2D eigenvalue weighted by atomic mass is 14.8. The van der Waals surface area contributed by atoms with Gasteiger partial charge < -0.3 is 0 Å². The largest absolute Gasteiger partial charge is 0.254 e. The molecule has 0 aliphatic heterocycles. The van der Waals surface area contributed by atoms with Crippen LogP contribution in [-0.2, 0) is 0 Å². The van der Waals surface area contributed by atoms with E-state index in [4.69, 9.17) is 9.97 Å². The van der Waals surface area contributed by atoms with E-state index in [-0.39, 0.29) is 0 Å². The Morgan fingerprint density at radius 2 is 0.952 bits per heavy atom. The van der Waals surface area contributed by atoms with Crippen LogP contribution in [0.3, 0.4) is 0 Å². The molecule has 0 saturated heterocycles. The second-order valence-corrected chi connectivity index (χ2v) is 10.9. The summed E-state index contributed by atoms with van der Waals surface area (Å²) in [6.45, 7) is 0. The molecule has 0 radical (unpaired) electrons. The first-order chi connectivity index (χ1) is 20.8. The van der Waals surface area contributed by atoms with E-state index >= 15 is 0 Å². The first-order valence-corrected chi connectivity index (χ1v) is 14.3. The van der Waals surface area contributed by atoms with Crippen molar-refractivity contribution in [1.82, 2.24) is 9.97 Å². The van der Waals surface area contributed by atoms with Gasteiger partial charge in [0.25, 0.3) is 0 Å². The maximum Gasteiger partial charge on any atom is 0.0972 e. The Morgan fingerprint density at radius 1 is 0.357 bits per heavy atom. The van der Waals surface area contributed by atoms with E-state index < -0.39 is 0 Å². The number of nitrogens with zero attached hydrogens (tertiary/aromatic N) is 2. The van der Waals surface area contributed by atoms with Crippen LogP contribution in [0.4, 0.5) is 0 Å². The van der Waals surface area contributed by atoms with Crippen molar-refractivity contribution in [1.29, 1.82) is 0 Å². The van der Waals surface area contributed by atoms with E-state index in [0.717, 1.165) is 33.1 Å². The SMILES string of the molecule is c1ccc2c(-c3c4ccccc4c(-c4ccc5ccc6cccnc6c5n4)c4ccc5ccccc5c34)cccc2c1. The standard InChI is InChI=1S/C40H24N2/c1-3-13-29-25(9-1)11-7-17-31(29)38-33-16-6-5-15-32(33)36(34-22-20-26-10-2-4-14-30(26)37(34)38)35-23-21-28-19-18-27-12-8-24-41-39(27)40(28)42-35/h1-24H. The van der Waals surface area contributed by atoms with Crippen LogP contribution in [0.5, 0.6) is 0 Å². The molecule has 42 heavy (non-hydrogen) atoms. The molecule has 0 bridgehead atoms. The van der Waals surface area contributed by atoms with Crippen LogP contribution in [0.1, 0.15) is 0 Å². The van der Waals surface area contributed by atoms with Crippen molar-refractivity contribution in [3.05, 3.63) is 146 Å². The number of pyridine rings is 2. The Balaban J connectivity index is 1.50. The second kappa shape index (κ2) is 8.95. The lowest BCUT2D eigenvalue weighted by atomic mass is 9.84. The Kier molecular flexibility index (Phi) is 4.93. The quantitative estimate of drug-likeness (QED) is 0.163. The average Bonchev–Trinajstić information content (AvgIpc) is 3.06. The minimum absolute atomic E-state index is 0.932. The Hall–Kier alpha value is -5.60. The van der Waals surface area contributed by atoms with Crippen molar-refractivity contribution in [2.24, 2.45) is 0 Å². The van der Waals surface area contributed by atoms with Crippen LogP contribution in [-0.4, -0.2) is 9.97 Å². The molecular weight excluding hydrogens is 508 g/mol. The van der Waals surface area contributed by atoms with Crippen LogP contribution in [0, 0.1) is 0 Å². The van der Waals surface area contributed by atoms with Crippen molar-refractivity contribution < 1.29 is 0 Å². The smallest absolute Gasteiger partial charge is 0.0972 e. The fraction of sp³-hybridized carbons (Fsp3) is 0. The molecule has 0 N–H and O–H groups in total. The van der Waals surface area contributed by atoms with Crippen LogP contribution in [0.25, 0.3) is 87.3 Å². The number of hydrogen-bond acceptors (Lipinski definition) is 2. The van der Waals surface area contributed by atoms with Crippen LogP contribution in [0.15, 0.2) is 146 Å². The van der Waals surface area contributed by atoms with Gasteiger partial charge in [-0.2, -0.15) is 0 Å². The van der Waals surface area contributed by atoms with Gasteiger partial charge in [-0.25, -0.2) is 4.98 Å². The van der Waals surface area contributed by atoms with Gasteiger partial charge in [0.1, 0.15) is 0 Å². The Labute approximate surface area is 242 Å². The average molecular weight is 533 g/mol. The van der Waals surface area contributed by atoms with Crippen molar-refractivity contribution in [2.75, 3.05) is 0 Å². The highest BCUT2D eigenvalue weighted by Crippen LogP contribution is 2.47. The normalized spacial score (nSPS) is 11.8. The molecule has 194 valence electrons. The van der Waals surface area contributed by atoms with Crippen LogP contribution in [0.2, 0.25) is 0 Å². The fourth-order valence-electron chi connectivity index (χ4n) is 6.81. The lowest BCUT2D eigenvalue weighted by molar-refractivity contribution is 1.38. The van der Waals surface area contributed by atoms with Gasteiger partial charge in [-0.1, -0.05) is 127 Å². The molecule has 2 nitrogen and oxygen atoms in total. The van der Waals surface area contributed by atoms with Gasteiger partial charge in [-0.05, 0) is 66.3 Å². The third-order valence-electron chi connectivity index (χ3n) is 8.66. The lowest BCUT2D eigenvalue weighted by Crippen LogP contribution is -1.95. The van der Waals surface area contributed by atoms with Crippen molar-refractivity contribution >= 4 is 64.9 Å². The Bertz CT molecular complexity index is 2520. The van der Waals surface area contributed by atoms with Gasteiger partial charge in [-0.3, -0.25) is 4.98 Å². The van der Waals surface area contributed by atoms with Crippen molar-refractivity contribution in [3.8, 4) is 22.4 Å². The molecule has 2 heterocycles. The maximum atomic E-state index is 5.34. The summed E-state index contributed by atoms with van der Waals surface area (Å²) in [5, 5.41) is 12.1. The zero-order valence-electron chi connectivity index (χ0n) is 22.8. The van der Waals surface area contributed by atoms with Crippen LogP contribution < -0.4 is 0 Å². The van der Waals surface area contributed by atoms with E-state index in [1.54, 1.807) is 0 Å². The van der Waals surface area contributed by atoms with Crippen molar-refractivity contribution in [3.63, 3.8) is 0 Å². The molecule has 0 aliphatic carbocycles. The molecule has 2 aromatic heterocycles. The molecule has 0 unspecified atom stereocenters. The summed E-state index contributed by atoms with van der Waals surface area (Å²) in [5.41, 5.74) is 6.50. The molecule has 0 amide bonds. The maximum absolute atomic E-state index is 5.34. The summed E-state index contributed by atoms with van der Waals surface area (Å²) in [6, 6.07) is 50.2. The lowest BCUT2D eigenvalue weighted by Gasteiger charge is -2.20. The monoisotopic (exact) mass is 532 g/mol. The topological polar surface area (TPSA) is 25.8 Å². The summed E-state index contributed by atoms with van der Waals surface area (Å²) in [4.78, 5) is 10.1. The van der Waals surface area contributed by atoms with Gasteiger partial charge in [-0.15, -0.1) is 0 Å². The van der Waals surface area contributed by atoms with E-state index in [0.29, 0.717) is 0 Å². The zero-order chi connectivity index (χ0) is 27.6. The summed E-state index contributed by atoms with van der Waals surface area (Å²) in [7, 11) is 0. The third kappa shape index (κ3) is 3.33. The number of hydrogen-bond donors (Lipinski definition) is 0. The molecule has 0 aliphatic rings. The van der Waals surface area contributed by atoms with E-state index in [1.807, 2.05) is 12.3 Å². The van der Waals surface area contributed by atoms with Gasteiger partial charge >= 0.3 is 0 Å². The number of aromatic nitrogens is 2. The molecule has 2 heteroatoms. The third-order valence-corrected chi connectivity index (χ3v) is 8.66. The highest BCUT2D eigenvalue weighted by molar-refractivity contribution is 6.29. The first kappa shape index (κ1) is 23.1. The molecule has 9 rings (SSSR count). The van der Waals surface area contributed by atoms with E-state index in [1.165, 1.54) is 54.2 Å². The van der Waals surface area contributed by atoms with E-state index in [9.17, 15) is 0 Å². The predicted molar refractivity (Wildman–Crippen MR) is 178 cm³/mol. The Morgan fingerprint density at radius 3 is 1.79 bits per heavy atom. The molecule has 0 spiro atoms. The summed E-state index contributed by atoms with van der Waals surface area (Å²) in [6.07, 6.45) is 1.85. The molecule has 7 aromatic carbocycles. The fourth-order valence-corrected chi connectivity index (χ4v) is 6.81. The van der Waals surface area contributed by atoms with Gasteiger partial charge in [0.05, 0.1) is 16.7 Å². The second-order valence-electron chi connectivity index (χ2n) is 10.9. The molecule has 0 atom stereocenters. The minimum atomic E-state index is 0.932. The predicted octanol–water partition coefficient (Wildman–Crippen LogP) is 10.7. The number of fused-ring (bicyclic) bond motifs is 8. The molecule has 0 saturated carbocycles.